The Hall–Kier alpha value is -3.32. The number of methoxy groups -OCH3 is 1. The highest BCUT2D eigenvalue weighted by Gasteiger charge is 2.15. The number of carbonyl (C=O) groups is 1. The molecule has 7 heteroatoms. The van der Waals surface area contributed by atoms with Crippen LogP contribution in [0.25, 0.3) is 11.0 Å². The number of nitrogens with zero attached hydrogens (tertiary/aromatic N) is 3. The normalized spacial score (nSPS) is 10.9. The molecule has 0 bridgehead atoms. The first kappa shape index (κ1) is 20.9. The second kappa shape index (κ2) is 9.66. The van der Waals surface area contributed by atoms with Crippen molar-refractivity contribution in [2.45, 2.75) is 24.4 Å². The number of thioether (sulfide) groups is 1. The zero-order valence-electron chi connectivity index (χ0n) is 17.4. The van der Waals surface area contributed by atoms with Gasteiger partial charge in [-0.1, -0.05) is 30.0 Å². The molecule has 0 aliphatic heterocycles. The monoisotopic (exact) mass is 433 g/mol. The molecule has 2 aromatic carbocycles. The molecule has 2 aromatic heterocycles. The van der Waals surface area contributed by atoms with Gasteiger partial charge in [0.15, 0.2) is 5.16 Å². The van der Waals surface area contributed by atoms with Gasteiger partial charge in [0.2, 0.25) is 0 Å². The van der Waals surface area contributed by atoms with Gasteiger partial charge in [-0.05, 0) is 55.0 Å². The van der Waals surface area contributed by atoms with Gasteiger partial charge in [0.05, 0.1) is 42.6 Å². The molecule has 0 unspecified atom stereocenters. The van der Waals surface area contributed by atoms with Crippen molar-refractivity contribution in [3.8, 4) is 5.75 Å². The minimum Gasteiger partial charge on any atom is -0.497 e. The Morgan fingerprint density at radius 3 is 2.65 bits per heavy atom. The summed E-state index contributed by atoms with van der Waals surface area (Å²) in [5.74, 6) is 1.26. The van der Waals surface area contributed by atoms with Crippen LogP contribution in [0.15, 0.2) is 72.0 Å². The minimum absolute atomic E-state index is 0.337. The Morgan fingerprint density at radius 1 is 1.10 bits per heavy atom. The van der Waals surface area contributed by atoms with Gasteiger partial charge in [0.1, 0.15) is 5.75 Å². The number of hydrogen-bond donors (Lipinski definition) is 0. The molecule has 4 aromatic rings. The Morgan fingerprint density at radius 2 is 1.94 bits per heavy atom. The lowest BCUT2D eigenvalue weighted by atomic mass is 10.2. The summed E-state index contributed by atoms with van der Waals surface area (Å²) in [6, 6.07) is 19.4. The molecule has 0 aliphatic rings. The third kappa shape index (κ3) is 4.88. The number of carbonyl (C=O) groups excluding carboxylic acids is 1. The first-order valence-corrected chi connectivity index (χ1v) is 11.0. The summed E-state index contributed by atoms with van der Waals surface area (Å²) in [5.41, 5.74) is 4.34. The third-order valence-corrected chi connectivity index (χ3v) is 5.85. The van der Waals surface area contributed by atoms with E-state index in [9.17, 15) is 4.79 Å². The fourth-order valence-corrected chi connectivity index (χ4v) is 4.21. The molecule has 0 fully saturated rings. The van der Waals surface area contributed by atoms with E-state index in [0.29, 0.717) is 18.7 Å². The molecule has 6 nitrogen and oxygen atoms in total. The van der Waals surface area contributed by atoms with Crippen molar-refractivity contribution in [2.75, 3.05) is 13.7 Å². The maximum Gasteiger partial charge on any atom is 0.338 e. The highest BCUT2D eigenvalue weighted by atomic mass is 32.2. The summed E-state index contributed by atoms with van der Waals surface area (Å²) in [6.07, 6.45) is 1.79. The molecule has 0 atom stereocenters. The lowest BCUT2D eigenvalue weighted by Crippen LogP contribution is -2.05. The van der Waals surface area contributed by atoms with E-state index >= 15 is 0 Å². The third-order valence-electron chi connectivity index (χ3n) is 4.80. The molecule has 0 saturated heterocycles. The predicted octanol–water partition coefficient (Wildman–Crippen LogP) is 4.96. The number of benzene rings is 2. The van der Waals surface area contributed by atoms with Crippen LogP contribution in [0.1, 0.15) is 28.5 Å². The van der Waals surface area contributed by atoms with Gasteiger partial charge in [0, 0.05) is 11.9 Å². The summed E-state index contributed by atoms with van der Waals surface area (Å²) in [7, 11) is 1.66. The second-order valence-electron chi connectivity index (χ2n) is 6.86. The zero-order chi connectivity index (χ0) is 21.6. The Bertz CT molecular complexity index is 1170. The SMILES string of the molecule is CCOC(=O)c1ccc2c(c1)nc(SCc1ccc(OC)cc1)n2Cc1ccccn1. The number of fused-ring (bicyclic) bond motifs is 1. The molecule has 0 saturated carbocycles. The van der Waals surface area contributed by atoms with Crippen molar-refractivity contribution < 1.29 is 14.3 Å². The van der Waals surface area contributed by atoms with Crippen LogP contribution in [0.5, 0.6) is 5.75 Å². The van der Waals surface area contributed by atoms with Crippen LogP contribution in [-0.2, 0) is 17.0 Å². The first-order valence-electron chi connectivity index (χ1n) is 10.0. The van der Waals surface area contributed by atoms with E-state index in [1.165, 1.54) is 5.56 Å². The summed E-state index contributed by atoms with van der Waals surface area (Å²) in [5, 5.41) is 0.873. The highest BCUT2D eigenvalue weighted by molar-refractivity contribution is 7.98. The average Bonchev–Trinajstić information content (AvgIpc) is 3.15. The lowest BCUT2D eigenvalue weighted by Gasteiger charge is -2.09. The lowest BCUT2D eigenvalue weighted by molar-refractivity contribution is 0.0526. The quantitative estimate of drug-likeness (QED) is 0.289. The van der Waals surface area contributed by atoms with Crippen LogP contribution in [0, 0.1) is 0 Å². The Labute approximate surface area is 185 Å². The van der Waals surface area contributed by atoms with E-state index in [2.05, 4.69) is 21.7 Å². The smallest absolute Gasteiger partial charge is 0.338 e. The molecule has 0 radical (unpaired) electrons. The van der Waals surface area contributed by atoms with Crippen LogP contribution >= 0.6 is 11.8 Å². The standard InChI is InChI=1S/C24H23N3O3S/c1-3-30-23(28)18-9-12-22-21(14-18)26-24(27(22)15-19-6-4-5-13-25-19)31-16-17-7-10-20(29-2)11-8-17/h4-14H,3,15-16H2,1-2H3. The zero-order valence-corrected chi connectivity index (χ0v) is 18.3. The molecular formula is C24H23N3O3S. The predicted molar refractivity (Wildman–Crippen MR) is 122 cm³/mol. The number of esters is 1. The van der Waals surface area contributed by atoms with Gasteiger partial charge < -0.3 is 14.0 Å². The van der Waals surface area contributed by atoms with Gasteiger partial charge in [-0.3, -0.25) is 4.98 Å². The number of ether oxygens (including phenoxy) is 2. The summed E-state index contributed by atoms with van der Waals surface area (Å²) < 4.78 is 12.5. The molecular weight excluding hydrogens is 410 g/mol. The molecule has 0 spiro atoms. The van der Waals surface area contributed by atoms with E-state index in [4.69, 9.17) is 14.5 Å². The topological polar surface area (TPSA) is 66.2 Å². The summed E-state index contributed by atoms with van der Waals surface area (Å²) in [4.78, 5) is 21.4. The van der Waals surface area contributed by atoms with Crippen molar-refractivity contribution in [3.63, 3.8) is 0 Å². The van der Waals surface area contributed by atoms with E-state index < -0.39 is 0 Å². The van der Waals surface area contributed by atoms with Crippen LogP contribution in [0.4, 0.5) is 0 Å². The van der Waals surface area contributed by atoms with E-state index in [0.717, 1.165) is 33.4 Å². The van der Waals surface area contributed by atoms with Crippen LogP contribution < -0.4 is 4.74 Å². The minimum atomic E-state index is -0.337. The van der Waals surface area contributed by atoms with Gasteiger partial charge in [-0.25, -0.2) is 9.78 Å². The van der Waals surface area contributed by atoms with E-state index in [-0.39, 0.29) is 5.97 Å². The van der Waals surface area contributed by atoms with Crippen molar-refractivity contribution in [2.24, 2.45) is 0 Å². The molecule has 0 N–H and O–H groups in total. The Kier molecular flexibility index (Phi) is 6.52. The van der Waals surface area contributed by atoms with Crippen molar-refractivity contribution in [1.82, 2.24) is 14.5 Å². The molecule has 0 aliphatic carbocycles. The van der Waals surface area contributed by atoms with E-state index in [1.54, 1.807) is 44.1 Å². The fourth-order valence-electron chi connectivity index (χ4n) is 3.24. The largest absolute Gasteiger partial charge is 0.497 e. The van der Waals surface area contributed by atoms with Crippen LogP contribution in [0.2, 0.25) is 0 Å². The molecule has 158 valence electrons. The van der Waals surface area contributed by atoms with Gasteiger partial charge in [0.25, 0.3) is 0 Å². The van der Waals surface area contributed by atoms with E-state index in [1.807, 2.05) is 36.4 Å². The summed E-state index contributed by atoms with van der Waals surface area (Å²) in [6.45, 7) is 2.74. The summed E-state index contributed by atoms with van der Waals surface area (Å²) >= 11 is 1.65. The number of rotatable bonds is 8. The molecule has 4 rings (SSSR count). The Balaban J connectivity index is 1.66. The van der Waals surface area contributed by atoms with Crippen molar-refractivity contribution in [1.29, 1.82) is 0 Å². The van der Waals surface area contributed by atoms with Gasteiger partial charge in [-0.2, -0.15) is 0 Å². The van der Waals surface area contributed by atoms with Gasteiger partial charge >= 0.3 is 5.97 Å². The maximum atomic E-state index is 12.2. The highest BCUT2D eigenvalue weighted by Crippen LogP contribution is 2.29. The molecule has 2 heterocycles. The molecule has 31 heavy (non-hydrogen) atoms. The number of imidazole rings is 1. The average molecular weight is 434 g/mol. The number of pyridine rings is 1. The van der Waals surface area contributed by atoms with Crippen molar-refractivity contribution in [3.05, 3.63) is 83.7 Å². The number of hydrogen-bond acceptors (Lipinski definition) is 6. The molecule has 0 amide bonds. The van der Waals surface area contributed by atoms with Crippen LogP contribution in [-0.4, -0.2) is 34.2 Å². The second-order valence-corrected chi connectivity index (χ2v) is 7.80. The van der Waals surface area contributed by atoms with Crippen molar-refractivity contribution >= 4 is 28.8 Å². The van der Waals surface area contributed by atoms with Gasteiger partial charge in [-0.15, -0.1) is 0 Å². The first-order chi connectivity index (χ1) is 15.2. The fraction of sp³-hybridized carbons (Fsp3) is 0.208. The van der Waals surface area contributed by atoms with Crippen LogP contribution in [0.3, 0.4) is 0 Å². The number of aromatic nitrogens is 3. The maximum absolute atomic E-state index is 12.2.